The first-order valence-electron chi connectivity index (χ1n) is 8.63. The van der Waals surface area contributed by atoms with E-state index in [1.165, 1.54) is 0 Å². The number of carbonyl (C=O) groups excluding carboxylic acids is 1. The Labute approximate surface area is 163 Å². The second-order valence-corrected chi connectivity index (χ2v) is 7.38. The van der Waals surface area contributed by atoms with Gasteiger partial charge in [-0.2, -0.15) is 5.26 Å². The van der Waals surface area contributed by atoms with Crippen molar-refractivity contribution < 1.29 is 9.53 Å². The third kappa shape index (κ3) is 5.89. The molecule has 0 bridgehead atoms. The van der Waals surface area contributed by atoms with Gasteiger partial charge in [-0.25, -0.2) is 0 Å². The van der Waals surface area contributed by atoms with Crippen LogP contribution >= 0.6 is 15.9 Å². The van der Waals surface area contributed by atoms with E-state index in [0.717, 1.165) is 10.0 Å². The Kier molecular flexibility index (Phi) is 7.68. The first kappa shape index (κ1) is 20.0. The predicted octanol–water partition coefficient (Wildman–Crippen LogP) is 5.04. The van der Waals surface area contributed by atoms with E-state index in [0.29, 0.717) is 36.9 Å². The van der Waals surface area contributed by atoms with Crippen molar-refractivity contribution in [2.24, 2.45) is 5.92 Å². The largest absolute Gasteiger partial charge is 0.492 e. The van der Waals surface area contributed by atoms with E-state index in [-0.39, 0.29) is 12.3 Å². The molecule has 4 nitrogen and oxygen atoms in total. The Hall–Kier alpha value is -2.32. The quantitative estimate of drug-likeness (QED) is 0.607. The van der Waals surface area contributed by atoms with Crippen LogP contribution in [0.25, 0.3) is 0 Å². The third-order valence-corrected chi connectivity index (χ3v) is 4.23. The van der Waals surface area contributed by atoms with Crippen molar-refractivity contribution in [1.29, 1.82) is 5.26 Å². The second kappa shape index (κ2) is 9.98. The highest BCUT2D eigenvalue weighted by atomic mass is 79.9. The molecule has 1 amide bonds. The van der Waals surface area contributed by atoms with E-state index < -0.39 is 0 Å². The topological polar surface area (TPSA) is 53.3 Å². The van der Waals surface area contributed by atoms with Gasteiger partial charge >= 0.3 is 0 Å². The molecule has 26 heavy (non-hydrogen) atoms. The number of ether oxygens (including phenoxy) is 1. The minimum absolute atomic E-state index is 0.135. The summed E-state index contributed by atoms with van der Waals surface area (Å²) in [6.07, 6.45) is 0.286. The average Bonchev–Trinajstić information content (AvgIpc) is 2.64. The molecule has 2 aromatic rings. The second-order valence-electron chi connectivity index (χ2n) is 6.47. The molecule has 0 heterocycles. The van der Waals surface area contributed by atoms with Crippen LogP contribution in [0.5, 0.6) is 5.75 Å². The number of rotatable bonds is 8. The summed E-state index contributed by atoms with van der Waals surface area (Å²) in [5.74, 6) is 0.798. The molecule has 0 unspecified atom stereocenters. The Bertz CT molecular complexity index is 769. The maximum absolute atomic E-state index is 13.2. The van der Waals surface area contributed by atoms with Crippen LogP contribution in [0, 0.1) is 17.2 Å². The van der Waals surface area contributed by atoms with Crippen molar-refractivity contribution >= 4 is 21.8 Å². The maximum atomic E-state index is 13.2. The molecule has 0 aromatic heterocycles. The monoisotopic (exact) mass is 414 g/mol. The summed E-state index contributed by atoms with van der Waals surface area (Å²) in [5, 5.41) is 8.96. The number of nitriles is 1. The molecule has 2 aromatic carbocycles. The lowest BCUT2D eigenvalue weighted by Crippen LogP contribution is -2.32. The molecule has 0 saturated heterocycles. The predicted molar refractivity (Wildman–Crippen MR) is 106 cm³/mol. The number of halogens is 1. The minimum Gasteiger partial charge on any atom is -0.492 e. The van der Waals surface area contributed by atoms with Gasteiger partial charge in [-0.15, -0.1) is 0 Å². The van der Waals surface area contributed by atoms with E-state index in [1.54, 1.807) is 11.0 Å². The van der Waals surface area contributed by atoms with Gasteiger partial charge in [0.1, 0.15) is 5.75 Å². The highest BCUT2D eigenvalue weighted by molar-refractivity contribution is 9.10. The highest BCUT2D eigenvalue weighted by Crippen LogP contribution is 2.26. The SMILES string of the molecule is CC(C)COc1ccc(Br)cc1C(=O)N(CCC#N)Cc1ccccc1. The molecule has 0 aliphatic rings. The van der Waals surface area contributed by atoms with Gasteiger partial charge in [0.05, 0.1) is 24.7 Å². The molecular weight excluding hydrogens is 392 g/mol. The van der Waals surface area contributed by atoms with Crippen LogP contribution in [0.3, 0.4) is 0 Å². The van der Waals surface area contributed by atoms with E-state index in [2.05, 4.69) is 35.8 Å². The molecule has 0 radical (unpaired) electrons. The van der Waals surface area contributed by atoms with Crippen LogP contribution in [0.15, 0.2) is 53.0 Å². The van der Waals surface area contributed by atoms with Crippen molar-refractivity contribution in [3.05, 3.63) is 64.1 Å². The van der Waals surface area contributed by atoms with Crippen molar-refractivity contribution in [2.75, 3.05) is 13.2 Å². The Balaban J connectivity index is 2.28. The first-order valence-corrected chi connectivity index (χ1v) is 9.43. The van der Waals surface area contributed by atoms with Gasteiger partial charge in [0, 0.05) is 17.6 Å². The molecule has 0 saturated carbocycles. The number of hydrogen-bond acceptors (Lipinski definition) is 3. The summed E-state index contributed by atoms with van der Waals surface area (Å²) in [7, 11) is 0. The van der Waals surface area contributed by atoms with E-state index in [9.17, 15) is 4.79 Å². The Morgan fingerprint density at radius 3 is 2.62 bits per heavy atom. The van der Waals surface area contributed by atoms with Crippen LogP contribution in [0.4, 0.5) is 0 Å². The zero-order chi connectivity index (χ0) is 18.9. The number of carbonyl (C=O) groups is 1. The smallest absolute Gasteiger partial charge is 0.257 e. The molecule has 0 atom stereocenters. The van der Waals surface area contributed by atoms with Gasteiger partial charge in [-0.05, 0) is 29.7 Å². The third-order valence-electron chi connectivity index (χ3n) is 3.74. The van der Waals surface area contributed by atoms with Crippen molar-refractivity contribution in [3.63, 3.8) is 0 Å². The minimum atomic E-state index is -0.135. The zero-order valence-corrected chi connectivity index (χ0v) is 16.7. The van der Waals surface area contributed by atoms with Gasteiger partial charge in [-0.1, -0.05) is 60.1 Å². The molecule has 0 fully saturated rings. The van der Waals surface area contributed by atoms with Crippen LogP contribution in [-0.2, 0) is 6.54 Å². The molecular formula is C21H23BrN2O2. The first-order chi connectivity index (χ1) is 12.5. The van der Waals surface area contributed by atoms with Crippen molar-refractivity contribution in [1.82, 2.24) is 4.90 Å². The lowest BCUT2D eigenvalue weighted by Gasteiger charge is -2.23. The number of benzene rings is 2. The standard InChI is InChI=1S/C21H23BrN2O2/c1-16(2)15-26-20-10-9-18(22)13-19(20)21(25)24(12-6-11-23)14-17-7-4-3-5-8-17/h3-5,7-10,13,16H,6,12,14-15H2,1-2H3. The molecule has 0 N–H and O–H groups in total. The Morgan fingerprint density at radius 2 is 1.96 bits per heavy atom. The van der Waals surface area contributed by atoms with Crippen molar-refractivity contribution in [2.45, 2.75) is 26.8 Å². The summed E-state index contributed by atoms with van der Waals surface area (Å²) in [6.45, 7) is 5.50. The van der Waals surface area contributed by atoms with Gasteiger partial charge in [-0.3, -0.25) is 4.79 Å². The summed E-state index contributed by atoms with van der Waals surface area (Å²) in [4.78, 5) is 14.9. The summed E-state index contributed by atoms with van der Waals surface area (Å²) in [6, 6.07) is 17.4. The zero-order valence-electron chi connectivity index (χ0n) is 15.1. The van der Waals surface area contributed by atoms with Crippen LogP contribution in [-0.4, -0.2) is 24.0 Å². The van der Waals surface area contributed by atoms with E-state index in [1.807, 2.05) is 42.5 Å². The average molecular weight is 415 g/mol. The molecule has 0 aliphatic heterocycles. The van der Waals surface area contributed by atoms with E-state index >= 15 is 0 Å². The number of amides is 1. The normalized spacial score (nSPS) is 10.4. The van der Waals surface area contributed by atoms with Crippen molar-refractivity contribution in [3.8, 4) is 11.8 Å². The summed E-state index contributed by atoms with van der Waals surface area (Å²) in [5.41, 5.74) is 1.53. The molecule has 136 valence electrons. The molecule has 0 spiro atoms. The fourth-order valence-electron chi connectivity index (χ4n) is 2.46. The fourth-order valence-corrected chi connectivity index (χ4v) is 2.82. The van der Waals surface area contributed by atoms with Gasteiger partial charge in [0.2, 0.25) is 0 Å². The molecule has 2 rings (SSSR count). The Morgan fingerprint density at radius 1 is 1.23 bits per heavy atom. The van der Waals surface area contributed by atoms with Gasteiger partial charge < -0.3 is 9.64 Å². The van der Waals surface area contributed by atoms with E-state index in [4.69, 9.17) is 10.00 Å². The molecule has 5 heteroatoms. The van der Waals surface area contributed by atoms with Crippen LogP contribution in [0.1, 0.15) is 36.2 Å². The maximum Gasteiger partial charge on any atom is 0.257 e. The summed E-state index contributed by atoms with van der Waals surface area (Å²) >= 11 is 3.43. The number of hydrogen-bond donors (Lipinski definition) is 0. The fraction of sp³-hybridized carbons (Fsp3) is 0.333. The van der Waals surface area contributed by atoms with Gasteiger partial charge in [0.25, 0.3) is 5.91 Å². The number of nitrogens with zero attached hydrogens (tertiary/aromatic N) is 2. The lowest BCUT2D eigenvalue weighted by atomic mass is 10.1. The van der Waals surface area contributed by atoms with Gasteiger partial charge in [0.15, 0.2) is 0 Å². The van der Waals surface area contributed by atoms with Crippen LogP contribution in [0.2, 0.25) is 0 Å². The summed E-state index contributed by atoms with van der Waals surface area (Å²) < 4.78 is 6.66. The van der Waals surface area contributed by atoms with Crippen LogP contribution < -0.4 is 4.74 Å². The molecule has 0 aliphatic carbocycles. The highest BCUT2D eigenvalue weighted by Gasteiger charge is 2.20. The lowest BCUT2D eigenvalue weighted by molar-refractivity contribution is 0.0741.